The van der Waals surface area contributed by atoms with Gasteiger partial charge in [-0.25, -0.2) is 10.4 Å². The summed E-state index contributed by atoms with van der Waals surface area (Å²) in [6.07, 6.45) is 3.35. The van der Waals surface area contributed by atoms with E-state index >= 15 is 0 Å². The largest absolute Gasteiger partial charge is 0.496 e. The molecule has 1 fully saturated rings. The number of aliphatic imine (C=N–C) groups is 1. The number of aromatic amines is 1. The Hall–Kier alpha value is -3.30. The lowest BCUT2D eigenvalue weighted by molar-refractivity contribution is 0.0932. The second-order valence-corrected chi connectivity index (χ2v) is 8.78. The van der Waals surface area contributed by atoms with Crippen LogP contribution in [0.4, 0.5) is 5.69 Å². The van der Waals surface area contributed by atoms with E-state index in [0.717, 1.165) is 35.0 Å². The zero-order valence-electron chi connectivity index (χ0n) is 18.0. The molecule has 32 heavy (non-hydrogen) atoms. The molecule has 5 rings (SSSR count). The summed E-state index contributed by atoms with van der Waals surface area (Å²) < 4.78 is 5.51. The number of aromatic nitrogens is 2. The monoisotopic (exact) mass is 453 g/mol. The van der Waals surface area contributed by atoms with E-state index in [-0.39, 0.29) is 17.6 Å². The number of rotatable bonds is 5. The average Bonchev–Trinajstić information content (AvgIpc) is 3.15. The Morgan fingerprint density at radius 3 is 2.88 bits per heavy atom. The number of hydrogen-bond acceptors (Lipinski definition) is 7. The second kappa shape index (κ2) is 7.68. The van der Waals surface area contributed by atoms with Crippen LogP contribution in [0.15, 0.2) is 41.5 Å². The highest BCUT2D eigenvalue weighted by atomic mass is 35.5. The van der Waals surface area contributed by atoms with Crippen LogP contribution in [-0.4, -0.2) is 46.8 Å². The number of anilines is 1. The number of guanidine groups is 1. The molecule has 0 bridgehead atoms. The van der Waals surface area contributed by atoms with E-state index in [4.69, 9.17) is 21.3 Å². The van der Waals surface area contributed by atoms with Gasteiger partial charge in [-0.15, -0.1) is 0 Å². The van der Waals surface area contributed by atoms with Gasteiger partial charge in [-0.2, -0.15) is 5.10 Å². The number of benzene rings is 2. The van der Waals surface area contributed by atoms with Gasteiger partial charge in [0, 0.05) is 18.0 Å². The highest BCUT2D eigenvalue weighted by molar-refractivity contribution is 6.38. The van der Waals surface area contributed by atoms with Gasteiger partial charge < -0.3 is 15.4 Å². The molecule has 1 aliphatic heterocycles. The number of hydrogen-bond donors (Lipinski definition) is 4. The van der Waals surface area contributed by atoms with Crippen molar-refractivity contribution < 1.29 is 9.53 Å². The summed E-state index contributed by atoms with van der Waals surface area (Å²) in [5, 5.41) is 16.5. The molecule has 0 radical (unpaired) electrons. The number of H-pyrrole nitrogens is 1. The Morgan fingerprint density at radius 1 is 1.31 bits per heavy atom. The molecule has 0 spiro atoms. The van der Waals surface area contributed by atoms with E-state index in [9.17, 15) is 4.79 Å². The summed E-state index contributed by atoms with van der Waals surface area (Å²) in [6, 6.07) is 9.29. The van der Waals surface area contributed by atoms with Crippen LogP contribution in [0.25, 0.3) is 10.9 Å². The lowest BCUT2D eigenvalue weighted by Gasteiger charge is -2.18. The molecule has 2 heterocycles. The normalized spacial score (nSPS) is 19.1. The van der Waals surface area contributed by atoms with Crippen LogP contribution in [0.2, 0.25) is 5.02 Å². The third-order valence-electron chi connectivity index (χ3n) is 5.89. The second-order valence-electron chi connectivity index (χ2n) is 8.40. The van der Waals surface area contributed by atoms with Crippen LogP contribution in [-0.2, 0) is 0 Å². The molecular formula is C22H24ClN7O2. The predicted molar refractivity (Wildman–Crippen MR) is 124 cm³/mol. The van der Waals surface area contributed by atoms with E-state index in [1.807, 2.05) is 38.2 Å². The minimum Gasteiger partial charge on any atom is -0.496 e. The summed E-state index contributed by atoms with van der Waals surface area (Å²) in [6.45, 7) is 2.05. The van der Waals surface area contributed by atoms with Crippen LogP contribution in [0.3, 0.4) is 0 Å². The number of methoxy groups -OCH3 is 1. The summed E-state index contributed by atoms with van der Waals surface area (Å²) in [7, 11) is 3.43. The first-order valence-corrected chi connectivity index (χ1v) is 10.7. The fraction of sp³-hybridized carbons (Fsp3) is 0.318. The van der Waals surface area contributed by atoms with Crippen molar-refractivity contribution >= 4 is 40.1 Å². The SMILES string of the molecule is COc1cc(C2N=C(Nc3ccc4[nH]ncc4c3Cl)N(C)N2)ccc1C(=O)NC1(C)CC1. The van der Waals surface area contributed by atoms with E-state index in [0.29, 0.717) is 22.3 Å². The first-order valence-electron chi connectivity index (χ1n) is 10.3. The number of hydrazine groups is 1. The lowest BCUT2D eigenvalue weighted by atomic mass is 10.1. The van der Waals surface area contributed by atoms with Crippen molar-refractivity contribution in [1.29, 1.82) is 0 Å². The highest BCUT2D eigenvalue weighted by Crippen LogP contribution is 2.36. The summed E-state index contributed by atoms with van der Waals surface area (Å²) in [5.41, 5.74) is 6.17. The number of amides is 1. The molecule has 1 amide bonds. The van der Waals surface area contributed by atoms with E-state index in [1.54, 1.807) is 24.4 Å². The third-order valence-corrected chi connectivity index (χ3v) is 6.30. The number of nitrogens with one attached hydrogen (secondary N) is 4. The molecule has 1 saturated carbocycles. The van der Waals surface area contributed by atoms with Crippen molar-refractivity contribution in [2.45, 2.75) is 31.5 Å². The molecule has 166 valence electrons. The topological polar surface area (TPSA) is 107 Å². The molecule has 1 aliphatic carbocycles. The summed E-state index contributed by atoms with van der Waals surface area (Å²) in [5.74, 6) is 1.00. The van der Waals surface area contributed by atoms with Crippen molar-refractivity contribution in [3.05, 3.63) is 52.7 Å². The van der Waals surface area contributed by atoms with E-state index < -0.39 is 0 Å². The van der Waals surface area contributed by atoms with Gasteiger partial charge in [0.25, 0.3) is 5.91 Å². The molecule has 3 aromatic rings. The quantitative estimate of drug-likeness (QED) is 0.471. The maximum Gasteiger partial charge on any atom is 0.255 e. The molecule has 4 N–H and O–H groups in total. The maximum atomic E-state index is 12.7. The number of carbonyl (C=O) groups is 1. The van der Waals surface area contributed by atoms with Gasteiger partial charge in [0.2, 0.25) is 5.96 Å². The number of halogens is 1. The number of carbonyl (C=O) groups excluding carboxylic acids is 1. The molecule has 2 aliphatic rings. The first kappa shape index (κ1) is 20.6. The first-order chi connectivity index (χ1) is 15.4. The molecule has 1 atom stereocenters. The fourth-order valence-corrected chi connectivity index (χ4v) is 3.93. The van der Waals surface area contributed by atoms with Crippen LogP contribution in [0.1, 0.15) is 41.9 Å². The average molecular weight is 454 g/mol. The maximum absolute atomic E-state index is 12.7. The van der Waals surface area contributed by atoms with Gasteiger partial charge in [-0.1, -0.05) is 17.7 Å². The Labute approximate surface area is 190 Å². The van der Waals surface area contributed by atoms with Gasteiger partial charge in [0.05, 0.1) is 35.1 Å². The minimum atomic E-state index is -0.342. The van der Waals surface area contributed by atoms with Crippen molar-refractivity contribution in [1.82, 2.24) is 25.9 Å². The molecule has 1 aromatic heterocycles. The minimum absolute atomic E-state index is 0.0951. The number of nitrogens with zero attached hydrogens (tertiary/aromatic N) is 3. The van der Waals surface area contributed by atoms with Gasteiger partial charge in [0.1, 0.15) is 11.9 Å². The molecule has 0 saturated heterocycles. The number of ether oxygens (including phenoxy) is 1. The summed E-state index contributed by atoms with van der Waals surface area (Å²) >= 11 is 6.53. The Balaban J connectivity index is 1.37. The van der Waals surface area contributed by atoms with Crippen molar-refractivity contribution in [2.75, 3.05) is 19.5 Å². The fourth-order valence-electron chi connectivity index (χ4n) is 3.67. The molecule has 10 heteroatoms. The zero-order chi connectivity index (χ0) is 22.5. The van der Waals surface area contributed by atoms with Crippen LogP contribution < -0.4 is 20.8 Å². The zero-order valence-corrected chi connectivity index (χ0v) is 18.7. The molecule has 2 aromatic carbocycles. The Kier molecular flexibility index (Phi) is 4.94. The van der Waals surface area contributed by atoms with Crippen molar-refractivity contribution in [3.63, 3.8) is 0 Å². The van der Waals surface area contributed by atoms with Gasteiger partial charge in [-0.05, 0) is 49.6 Å². The Bertz CT molecular complexity index is 1230. The molecule has 9 nitrogen and oxygen atoms in total. The van der Waals surface area contributed by atoms with E-state index in [1.165, 1.54) is 0 Å². The molecular weight excluding hydrogens is 430 g/mol. The number of fused-ring (bicyclic) bond motifs is 1. The highest BCUT2D eigenvalue weighted by Gasteiger charge is 2.39. The third kappa shape index (κ3) is 3.74. The molecule has 1 unspecified atom stereocenters. The summed E-state index contributed by atoms with van der Waals surface area (Å²) in [4.78, 5) is 17.4. The standard InChI is InChI=1S/C22H24ClN7O2/c1-22(8-9-22)27-20(31)13-5-4-12(10-17(13)32-3)19-26-21(30(2)29-19)25-16-7-6-15-14(18(16)23)11-24-28-15/h4-7,10-11,19,29H,8-9H2,1-3H3,(H,24,28)(H,25,26)(H,27,31). The van der Waals surface area contributed by atoms with Crippen LogP contribution in [0.5, 0.6) is 5.75 Å². The van der Waals surface area contributed by atoms with Gasteiger partial charge in [0.15, 0.2) is 0 Å². The van der Waals surface area contributed by atoms with E-state index in [2.05, 4.69) is 26.3 Å². The van der Waals surface area contributed by atoms with Gasteiger partial charge >= 0.3 is 0 Å². The lowest BCUT2D eigenvalue weighted by Crippen LogP contribution is -2.37. The van der Waals surface area contributed by atoms with Crippen molar-refractivity contribution in [3.8, 4) is 5.75 Å². The van der Waals surface area contributed by atoms with Crippen molar-refractivity contribution in [2.24, 2.45) is 4.99 Å². The predicted octanol–water partition coefficient (Wildman–Crippen LogP) is 3.42. The van der Waals surface area contributed by atoms with Gasteiger partial charge in [-0.3, -0.25) is 14.9 Å². The van der Waals surface area contributed by atoms with Crippen LogP contribution >= 0.6 is 11.6 Å². The van der Waals surface area contributed by atoms with Crippen LogP contribution in [0, 0.1) is 0 Å². The smallest absolute Gasteiger partial charge is 0.255 e. The Morgan fingerprint density at radius 2 is 2.12 bits per heavy atom.